The highest BCUT2D eigenvalue weighted by molar-refractivity contribution is 5.77. The third kappa shape index (κ3) is 8.06. The van der Waals surface area contributed by atoms with Gasteiger partial charge in [-0.3, -0.25) is 9.59 Å². The molecular weight excluding hydrogens is 412 g/mol. The van der Waals surface area contributed by atoms with Crippen molar-refractivity contribution in [1.29, 1.82) is 0 Å². The average molecular weight is 443 g/mol. The molecule has 0 aliphatic rings. The lowest BCUT2D eigenvalue weighted by Gasteiger charge is -2.24. The van der Waals surface area contributed by atoms with Crippen molar-refractivity contribution in [3.05, 3.63) is 71.8 Å². The van der Waals surface area contributed by atoms with Crippen LogP contribution in [0.25, 0.3) is 0 Å². The lowest BCUT2D eigenvalue weighted by atomic mass is 9.95. The molecule has 0 radical (unpaired) electrons. The molecule has 0 saturated carbocycles. The van der Waals surface area contributed by atoms with Gasteiger partial charge in [-0.05, 0) is 38.8 Å². The first-order valence-corrected chi connectivity index (χ1v) is 10.3. The fraction of sp³-hybridized carbons (Fsp3) is 0.400. The first kappa shape index (κ1) is 24.9. The van der Waals surface area contributed by atoms with Crippen LogP contribution in [0.2, 0.25) is 0 Å². The Morgan fingerprint density at radius 3 is 1.28 bits per heavy atom. The molecule has 0 aliphatic carbocycles. The van der Waals surface area contributed by atoms with Crippen molar-refractivity contribution in [3.63, 3.8) is 0 Å². The molecule has 0 bridgehead atoms. The molecule has 0 N–H and O–H groups in total. The van der Waals surface area contributed by atoms with Crippen molar-refractivity contribution in [2.24, 2.45) is 10.8 Å². The SMILES string of the molecule is CC(C)(COC(=O)OCC(C)(C)C(=O)OCc1ccccc1)C(=O)OCc1ccccc1. The van der Waals surface area contributed by atoms with Crippen molar-refractivity contribution < 1.29 is 33.3 Å². The van der Waals surface area contributed by atoms with E-state index in [1.165, 1.54) is 0 Å². The van der Waals surface area contributed by atoms with Gasteiger partial charge in [-0.15, -0.1) is 0 Å². The average Bonchev–Trinajstić information content (AvgIpc) is 2.79. The summed E-state index contributed by atoms with van der Waals surface area (Å²) in [5.41, 5.74) is -0.396. The largest absolute Gasteiger partial charge is 0.508 e. The smallest absolute Gasteiger partial charge is 0.460 e. The number of ether oxygens (including phenoxy) is 4. The maximum Gasteiger partial charge on any atom is 0.508 e. The highest BCUT2D eigenvalue weighted by Gasteiger charge is 2.34. The van der Waals surface area contributed by atoms with Crippen molar-refractivity contribution in [3.8, 4) is 0 Å². The van der Waals surface area contributed by atoms with E-state index in [2.05, 4.69) is 0 Å². The Bertz CT molecular complexity index is 816. The third-order valence-electron chi connectivity index (χ3n) is 4.63. The molecule has 32 heavy (non-hydrogen) atoms. The molecule has 7 heteroatoms. The summed E-state index contributed by atoms with van der Waals surface area (Å²) < 4.78 is 20.7. The molecule has 0 heterocycles. The molecule has 0 unspecified atom stereocenters. The highest BCUT2D eigenvalue weighted by Crippen LogP contribution is 2.21. The molecule has 0 fully saturated rings. The van der Waals surface area contributed by atoms with E-state index in [9.17, 15) is 14.4 Å². The molecule has 0 aromatic heterocycles. The van der Waals surface area contributed by atoms with E-state index in [1.807, 2.05) is 60.7 Å². The quantitative estimate of drug-likeness (QED) is 0.390. The number of carbonyl (C=O) groups is 3. The van der Waals surface area contributed by atoms with Crippen LogP contribution in [0.15, 0.2) is 60.7 Å². The van der Waals surface area contributed by atoms with E-state index in [0.717, 1.165) is 11.1 Å². The summed E-state index contributed by atoms with van der Waals surface area (Å²) in [5, 5.41) is 0. The number of hydrogen-bond acceptors (Lipinski definition) is 7. The summed E-state index contributed by atoms with van der Waals surface area (Å²) in [5.74, 6) is -1.00. The monoisotopic (exact) mass is 442 g/mol. The van der Waals surface area contributed by atoms with Crippen LogP contribution in [-0.4, -0.2) is 31.3 Å². The second kappa shape index (κ2) is 11.3. The van der Waals surface area contributed by atoms with Crippen LogP contribution >= 0.6 is 0 Å². The summed E-state index contributed by atoms with van der Waals surface area (Å²) in [6, 6.07) is 18.6. The molecule has 0 atom stereocenters. The van der Waals surface area contributed by atoms with Gasteiger partial charge in [0.15, 0.2) is 0 Å². The zero-order chi connectivity index (χ0) is 23.6. The molecule has 2 aromatic rings. The molecule has 2 rings (SSSR count). The lowest BCUT2D eigenvalue weighted by Crippen LogP contribution is -2.35. The number of benzene rings is 2. The van der Waals surface area contributed by atoms with E-state index in [-0.39, 0.29) is 26.4 Å². The van der Waals surface area contributed by atoms with Crippen LogP contribution in [0.1, 0.15) is 38.8 Å². The van der Waals surface area contributed by atoms with Crippen molar-refractivity contribution in [1.82, 2.24) is 0 Å². The molecule has 172 valence electrons. The number of hydrogen-bond donors (Lipinski definition) is 0. The maximum atomic E-state index is 12.3. The fourth-order valence-electron chi connectivity index (χ4n) is 2.48. The molecule has 0 spiro atoms. The minimum absolute atomic E-state index is 0.132. The Morgan fingerprint density at radius 2 is 0.938 bits per heavy atom. The van der Waals surface area contributed by atoms with Gasteiger partial charge in [0.2, 0.25) is 0 Å². The zero-order valence-electron chi connectivity index (χ0n) is 19.0. The highest BCUT2D eigenvalue weighted by atomic mass is 16.7. The van der Waals surface area contributed by atoms with E-state index < -0.39 is 28.9 Å². The number of rotatable bonds is 10. The fourth-order valence-corrected chi connectivity index (χ4v) is 2.48. The van der Waals surface area contributed by atoms with E-state index >= 15 is 0 Å². The summed E-state index contributed by atoms with van der Waals surface area (Å²) in [7, 11) is 0. The first-order valence-electron chi connectivity index (χ1n) is 10.3. The number of carbonyl (C=O) groups excluding carboxylic acids is 3. The number of esters is 2. The molecular formula is C25H30O7. The Labute approximate surface area is 188 Å². The van der Waals surface area contributed by atoms with Crippen LogP contribution in [0, 0.1) is 10.8 Å². The van der Waals surface area contributed by atoms with Crippen molar-refractivity contribution in [2.75, 3.05) is 13.2 Å². The molecule has 7 nitrogen and oxygen atoms in total. The van der Waals surface area contributed by atoms with Gasteiger partial charge >= 0.3 is 18.1 Å². The molecule has 0 saturated heterocycles. The summed E-state index contributed by atoms with van der Waals surface area (Å²) in [6.07, 6.45) is -0.974. The van der Waals surface area contributed by atoms with Crippen LogP contribution < -0.4 is 0 Å². The summed E-state index contributed by atoms with van der Waals surface area (Å²) in [6.45, 7) is 6.25. The van der Waals surface area contributed by atoms with Crippen LogP contribution in [-0.2, 0) is 41.8 Å². The Hall–Kier alpha value is -3.35. The van der Waals surface area contributed by atoms with Crippen LogP contribution in [0.3, 0.4) is 0 Å². The van der Waals surface area contributed by atoms with Gasteiger partial charge in [-0.25, -0.2) is 4.79 Å². The predicted molar refractivity (Wildman–Crippen MR) is 117 cm³/mol. The van der Waals surface area contributed by atoms with Gasteiger partial charge in [0, 0.05) is 0 Å². The van der Waals surface area contributed by atoms with Gasteiger partial charge in [-0.2, -0.15) is 0 Å². The minimum Gasteiger partial charge on any atom is -0.460 e. The van der Waals surface area contributed by atoms with Crippen molar-refractivity contribution in [2.45, 2.75) is 40.9 Å². The van der Waals surface area contributed by atoms with Gasteiger partial charge in [0.25, 0.3) is 0 Å². The first-order chi connectivity index (χ1) is 15.1. The topological polar surface area (TPSA) is 88.1 Å². The van der Waals surface area contributed by atoms with Gasteiger partial charge in [0.1, 0.15) is 26.4 Å². The van der Waals surface area contributed by atoms with Crippen LogP contribution in [0.4, 0.5) is 4.79 Å². The maximum absolute atomic E-state index is 12.3. The Kier molecular flexibility index (Phi) is 8.81. The van der Waals surface area contributed by atoms with Gasteiger partial charge in [0.05, 0.1) is 10.8 Å². The lowest BCUT2D eigenvalue weighted by molar-refractivity contribution is -0.158. The van der Waals surface area contributed by atoms with Gasteiger partial charge in [-0.1, -0.05) is 60.7 Å². The van der Waals surface area contributed by atoms with Crippen LogP contribution in [0.5, 0.6) is 0 Å². The van der Waals surface area contributed by atoms with Crippen molar-refractivity contribution >= 4 is 18.1 Å². The predicted octanol–water partition coefficient (Wildman–Crippen LogP) is 4.68. The summed E-state index contributed by atoms with van der Waals surface area (Å²) in [4.78, 5) is 36.7. The zero-order valence-corrected chi connectivity index (χ0v) is 19.0. The van der Waals surface area contributed by atoms with Gasteiger partial charge < -0.3 is 18.9 Å². The minimum atomic E-state index is -1.06. The molecule has 0 aliphatic heterocycles. The standard InChI is InChI=1S/C25H30O7/c1-24(2,21(26)29-15-19-11-7-5-8-12-19)17-31-23(28)32-18-25(3,4)22(27)30-16-20-13-9-6-10-14-20/h5-14H,15-18H2,1-4H3. The molecule has 2 aromatic carbocycles. The second-order valence-electron chi connectivity index (χ2n) is 8.72. The molecule has 0 amide bonds. The Balaban J connectivity index is 1.73. The normalized spacial score (nSPS) is 11.4. The second-order valence-corrected chi connectivity index (χ2v) is 8.72. The Morgan fingerprint density at radius 1 is 0.594 bits per heavy atom. The van der Waals surface area contributed by atoms with E-state index in [0.29, 0.717) is 0 Å². The third-order valence-corrected chi connectivity index (χ3v) is 4.63. The summed E-state index contributed by atoms with van der Waals surface area (Å²) >= 11 is 0. The van der Waals surface area contributed by atoms with E-state index in [4.69, 9.17) is 18.9 Å². The van der Waals surface area contributed by atoms with E-state index in [1.54, 1.807) is 27.7 Å².